The summed E-state index contributed by atoms with van der Waals surface area (Å²) in [6.45, 7) is 2.59. The van der Waals surface area contributed by atoms with E-state index in [4.69, 9.17) is 17.3 Å². The van der Waals surface area contributed by atoms with Crippen molar-refractivity contribution in [2.75, 3.05) is 6.54 Å². The molecule has 1 heterocycles. The van der Waals surface area contributed by atoms with Crippen molar-refractivity contribution < 1.29 is 0 Å². The highest BCUT2D eigenvalue weighted by molar-refractivity contribution is 7.99. The van der Waals surface area contributed by atoms with Gasteiger partial charge in [-0.1, -0.05) is 17.7 Å². The minimum atomic E-state index is 0.629. The Morgan fingerprint density at radius 1 is 1.28 bits per heavy atom. The zero-order valence-electron chi connectivity index (χ0n) is 10.1. The molecule has 2 aromatic rings. The number of aromatic nitrogens is 2. The van der Waals surface area contributed by atoms with Crippen molar-refractivity contribution in [1.29, 1.82) is 0 Å². The van der Waals surface area contributed by atoms with Crippen LogP contribution in [0.15, 0.2) is 40.6 Å². The van der Waals surface area contributed by atoms with Crippen molar-refractivity contribution in [3.05, 3.63) is 46.7 Å². The predicted molar refractivity (Wildman–Crippen MR) is 75.1 cm³/mol. The molecule has 2 rings (SSSR count). The third-order valence-electron chi connectivity index (χ3n) is 2.39. The first-order valence-electron chi connectivity index (χ1n) is 5.64. The Morgan fingerprint density at radius 3 is 2.61 bits per heavy atom. The van der Waals surface area contributed by atoms with E-state index in [9.17, 15) is 0 Å². The van der Waals surface area contributed by atoms with E-state index < -0.39 is 0 Å². The standard InChI is InChI=1S/C13H14ClN3S/c1-9-7-16-13(17-8-9)18-12-3-2-10(4-5-15)6-11(12)14/h2-3,6-8H,4-5,15H2,1H3. The average Bonchev–Trinajstić information content (AvgIpc) is 2.36. The number of hydrogen-bond acceptors (Lipinski definition) is 4. The van der Waals surface area contributed by atoms with Crippen LogP contribution in [0.1, 0.15) is 11.1 Å². The van der Waals surface area contributed by atoms with Gasteiger partial charge in [0.15, 0.2) is 5.16 Å². The summed E-state index contributed by atoms with van der Waals surface area (Å²) in [7, 11) is 0. The minimum Gasteiger partial charge on any atom is -0.330 e. The predicted octanol–water partition coefficient (Wildman–Crippen LogP) is 3.09. The number of hydrogen-bond donors (Lipinski definition) is 1. The molecule has 0 aliphatic carbocycles. The van der Waals surface area contributed by atoms with E-state index in [2.05, 4.69) is 9.97 Å². The van der Waals surface area contributed by atoms with E-state index in [1.807, 2.05) is 25.1 Å². The van der Waals surface area contributed by atoms with Crippen LogP contribution in [0.25, 0.3) is 0 Å². The molecule has 0 bridgehead atoms. The number of halogens is 1. The van der Waals surface area contributed by atoms with Crippen molar-refractivity contribution in [2.45, 2.75) is 23.4 Å². The zero-order valence-corrected chi connectivity index (χ0v) is 11.6. The lowest BCUT2D eigenvalue weighted by Gasteiger charge is -2.05. The van der Waals surface area contributed by atoms with E-state index in [1.54, 1.807) is 12.4 Å². The molecule has 5 heteroatoms. The van der Waals surface area contributed by atoms with Crippen LogP contribution in [0, 0.1) is 6.92 Å². The summed E-state index contributed by atoms with van der Waals surface area (Å²) in [4.78, 5) is 9.45. The van der Waals surface area contributed by atoms with E-state index in [-0.39, 0.29) is 0 Å². The maximum atomic E-state index is 6.23. The monoisotopic (exact) mass is 279 g/mol. The SMILES string of the molecule is Cc1cnc(Sc2ccc(CCN)cc2Cl)nc1. The lowest BCUT2D eigenvalue weighted by Crippen LogP contribution is -2.02. The fraction of sp³-hybridized carbons (Fsp3) is 0.231. The van der Waals surface area contributed by atoms with Crippen LogP contribution < -0.4 is 5.73 Å². The molecular weight excluding hydrogens is 266 g/mol. The first-order valence-corrected chi connectivity index (χ1v) is 6.83. The van der Waals surface area contributed by atoms with Gasteiger partial charge in [-0.15, -0.1) is 0 Å². The molecule has 94 valence electrons. The quantitative estimate of drug-likeness (QED) is 0.874. The Labute approximate surface area is 116 Å². The fourth-order valence-electron chi connectivity index (χ4n) is 1.48. The first kappa shape index (κ1) is 13.3. The summed E-state index contributed by atoms with van der Waals surface area (Å²) in [6.07, 6.45) is 4.43. The second kappa shape index (κ2) is 6.18. The highest BCUT2D eigenvalue weighted by Gasteiger charge is 2.06. The molecule has 18 heavy (non-hydrogen) atoms. The van der Waals surface area contributed by atoms with Crippen molar-refractivity contribution in [2.24, 2.45) is 5.73 Å². The van der Waals surface area contributed by atoms with Crippen molar-refractivity contribution in [3.8, 4) is 0 Å². The van der Waals surface area contributed by atoms with Crippen molar-refractivity contribution in [1.82, 2.24) is 9.97 Å². The smallest absolute Gasteiger partial charge is 0.192 e. The second-order valence-electron chi connectivity index (χ2n) is 3.95. The van der Waals surface area contributed by atoms with Gasteiger partial charge in [0.1, 0.15) is 0 Å². The van der Waals surface area contributed by atoms with Gasteiger partial charge in [-0.25, -0.2) is 9.97 Å². The molecule has 0 spiro atoms. The van der Waals surface area contributed by atoms with E-state index in [0.29, 0.717) is 11.7 Å². The van der Waals surface area contributed by atoms with E-state index in [1.165, 1.54) is 11.8 Å². The van der Waals surface area contributed by atoms with Gasteiger partial charge in [-0.3, -0.25) is 0 Å². The second-order valence-corrected chi connectivity index (χ2v) is 5.36. The van der Waals surface area contributed by atoms with Crippen molar-refractivity contribution in [3.63, 3.8) is 0 Å². The summed E-state index contributed by atoms with van der Waals surface area (Å²) >= 11 is 7.69. The molecule has 2 N–H and O–H groups in total. The molecule has 1 aromatic heterocycles. The molecule has 0 saturated heterocycles. The Bertz CT molecular complexity index is 528. The van der Waals surface area contributed by atoms with Gasteiger partial charge in [-0.2, -0.15) is 0 Å². The minimum absolute atomic E-state index is 0.629. The van der Waals surface area contributed by atoms with E-state index in [0.717, 1.165) is 27.5 Å². The molecule has 0 fully saturated rings. The summed E-state index contributed by atoms with van der Waals surface area (Å²) in [5, 5.41) is 1.42. The van der Waals surface area contributed by atoms with Gasteiger partial charge in [-0.05, 0) is 54.9 Å². The Kier molecular flexibility index (Phi) is 4.58. The molecule has 0 aliphatic rings. The summed E-state index contributed by atoms with van der Waals surface area (Å²) in [5.74, 6) is 0. The summed E-state index contributed by atoms with van der Waals surface area (Å²) in [6, 6.07) is 5.97. The maximum absolute atomic E-state index is 6.23. The molecule has 0 radical (unpaired) electrons. The highest BCUT2D eigenvalue weighted by Crippen LogP contribution is 2.31. The highest BCUT2D eigenvalue weighted by atomic mass is 35.5. The molecule has 0 saturated carbocycles. The number of aryl methyl sites for hydroxylation is 1. The normalized spacial score (nSPS) is 10.6. The maximum Gasteiger partial charge on any atom is 0.192 e. The number of rotatable bonds is 4. The third-order valence-corrected chi connectivity index (χ3v) is 3.78. The topological polar surface area (TPSA) is 51.8 Å². The van der Waals surface area contributed by atoms with Gasteiger partial charge in [0.05, 0.1) is 5.02 Å². The zero-order chi connectivity index (χ0) is 13.0. The van der Waals surface area contributed by atoms with Crippen LogP contribution in [-0.4, -0.2) is 16.5 Å². The van der Waals surface area contributed by atoms with Crippen LogP contribution in [0.3, 0.4) is 0 Å². The molecular formula is C13H14ClN3S. The molecule has 3 nitrogen and oxygen atoms in total. The Balaban J connectivity index is 2.16. The van der Waals surface area contributed by atoms with Crippen LogP contribution in [0.5, 0.6) is 0 Å². The summed E-state index contributed by atoms with van der Waals surface area (Å²) in [5.41, 5.74) is 7.71. The number of nitrogens with two attached hydrogens (primary N) is 1. The average molecular weight is 280 g/mol. The molecule has 0 aliphatic heterocycles. The van der Waals surface area contributed by atoms with Gasteiger partial charge < -0.3 is 5.73 Å². The van der Waals surface area contributed by atoms with E-state index >= 15 is 0 Å². The van der Waals surface area contributed by atoms with Gasteiger partial charge in [0, 0.05) is 17.3 Å². The Hall–Kier alpha value is -1.10. The third kappa shape index (κ3) is 3.45. The van der Waals surface area contributed by atoms with Crippen LogP contribution >= 0.6 is 23.4 Å². The molecule has 0 unspecified atom stereocenters. The van der Waals surface area contributed by atoms with Crippen molar-refractivity contribution >= 4 is 23.4 Å². The Morgan fingerprint density at radius 2 is 2.00 bits per heavy atom. The van der Waals surface area contributed by atoms with Gasteiger partial charge in [0.25, 0.3) is 0 Å². The molecule has 0 atom stereocenters. The van der Waals surface area contributed by atoms with Gasteiger partial charge >= 0.3 is 0 Å². The summed E-state index contributed by atoms with van der Waals surface area (Å²) < 4.78 is 0. The van der Waals surface area contributed by atoms with Gasteiger partial charge in [0.2, 0.25) is 0 Å². The number of benzene rings is 1. The first-order chi connectivity index (χ1) is 8.69. The lowest BCUT2D eigenvalue weighted by molar-refractivity contribution is 0.948. The fourth-order valence-corrected chi connectivity index (χ4v) is 2.50. The molecule has 1 aromatic carbocycles. The van der Waals surface area contributed by atoms with Crippen LogP contribution in [0.4, 0.5) is 0 Å². The van der Waals surface area contributed by atoms with Crippen LogP contribution in [-0.2, 0) is 6.42 Å². The number of nitrogens with zero attached hydrogens (tertiary/aromatic N) is 2. The molecule has 0 amide bonds. The largest absolute Gasteiger partial charge is 0.330 e. The van der Waals surface area contributed by atoms with Crippen LogP contribution in [0.2, 0.25) is 5.02 Å². The lowest BCUT2D eigenvalue weighted by atomic mass is 10.1.